The number of piperazine rings is 1. The third kappa shape index (κ3) is 2.71. The number of amides is 1. The lowest BCUT2D eigenvalue weighted by molar-refractivity contribution is 0.0702. The molecule has 1 N–H and O–H groups in total. The van der Waals surface area contributed by atoms with Crippen LogP contribution in [0.4, 0.5) is 0 Å². The van der Waals surface area contributed by atoms with Gasteiger partial charge < -0.3 is 14.6 Å². The number of benzene rings is 1. The Kier molecular flexibility index (Phi) is 3.76. The van der Waals surface area contributed by atoms with Gasteiger partial charge in [0.05, 0.1) is 17.9 Å². The lowest BCUT2D eigenvalue weighted by Gasteiger charge is -2.33. The minimum atomic E-state index is 0.00674. The van der Waals surface area contributed by atoms with Gasteiger partial charge in [-0.05, 0) is 23.8 Å². The molecule has 1 atom stereocenters. The summed E-state index contributed by atoms with van der Waals surface area (Å²) in [6.45, 7) is 2.09. The fourth-order valence-electron chi connectivity index (χ4n) is 2.45. The van der Waals surface area contributed by atoms with Crippen molar-refractivity contribution in [2.75, 3.05) is 19.6 Å². The number of carbonyl (C=O) groups excluding carboxylic acids is 1. The molecule has 1 saturated heterocycles. The summed E-state index contributed by atoms with van der Waals surface area (Å²) in [6, 6.07) is 9.54. The van der Waals surface area contributed by atoms with Crippen molar-refractivity contribution in [1.29, 1.82) is 0 Å². The van der Waals surface area contributed by atoms with Gasteiger partial charge in [0.15, 0.2) is 0 Å². The average molecular weight is 291 g/mol. The van der Waals surface area contributed by atoms with Gasteiger partial charge in [-0.1, -0.05) is 23.7 Å². The van der Waals surface area contributed by atoms with Gasteiger partial charge in [0.2, 0.25) is 0 Å². The van der Waals surface area contributed by atoms with Gasteiger partial charge in [-0.15, -0.1) is 0 Å². The second-order valence-electron chi connectivity index (χ2n) is 4.82. The lowest BCUT2D eigenvalue weighted by atomic mass is 10.0. The second-order valence-corrected chi connectivity index (χ2v) is 5.26. The molecule has 0 bridgehead atoms. The molecule has 0 saturated carbocycles. The summed E-state index contributed by atoms with van der Waals surface area (Å²) < 4.78 is 4.97. The molecule has 5 heteroatoms. The predicted octanol–water partition coefficient (Wildman–Crippen LogP) is 2.72. The van der Waals surface area contributed by atoms with Gasteiger partial charge in [-0.2, -0.15) is 0 Å². The van der Waals surface area contributed by atoms with Crippen molar-refractivity contribution in [3.05, 3.63) is 59.0 Å². The summed E-state index contributed by atoms with van der Waals surface area (Å²) in [7, 11) is 0. The van der Waals surface area contributed by atoms with Gasteiger partial charge >= 0.3 is 0 Å². The SMILES string of the molecule is O=C(c1ccoc1)N1CCN[C@@H](c2cccc(Cl)c2)C1. The molecule has 2 aromatic rings. The fourth-order valence-corrected chi connectivity index (χ4v) is 2.65. The third-order valence-electron chi connectivity index (χ3n) is 3.48. The number of carbonyl (C=O) groups is 1. The Bertz CT molecular complexity index is 598. The summed E-state index contributed by atoms with van der Waals surface area (Å²) in [5.74, 6) is 0.00674. The Labute approximate surface area is 122 Å². The first-order valence-corrected chi connectivity index (χ1v) is 6.92. The van der Waals surface area contributed by atoms with Crippen molar-refractivity contribution >= 4 is 17.5 Å². The third-order valence-corrected chi connectivity index (χ3v) is 3.72. The Morgan fingerprint density at radius 2 is 2.30 bits per heavy atom. The number of nitrogens with one attached hydrogen (secondary N) is 1. The fraction of sp³-hybridized carbons (Fsp3) is 0.267. The first kappa shape index (κ1) is 13.2. The molecule has 1 aromatic heterocycles. The van der Waals surface area contributed by atoms with E-state index < -0.39 is 0 Å². The van der Waals surface area contributed by atoms with Crippen LogP contribution in [0.2, 0.25) is 5.02 Å². The van der Waals surface area contributed by atoms with Crippen molar-refractivity contribution in [1.82, 2.24) is 10.2 Å². The highest BCUT2D eigenvalue weighted by Crippen LogP contribution is 2.21. The maximum atomic E-state index is 12.3. The zero-order chi connectivity index (χ0) is 13.9. The van der Waals surface area contributed by atoms with Crippen molar-refractivity contribution in [2.45, 2.75) is 6.04 Å². The van der Waals surface area contributed by atoms with E-state index in [9.17, 15) is 4.79 Å². The number of nitrogens with zero attached hydrogens (tertiary/aromatic N) is 1. The average Bonchev–Trinajstić information content (AvgIpc) is 3.01. The molecule has 1 fully saturated rings. The van der Waals surface area contributed by atoms with Gasteiger partial charge in [-0.25, -0.2) is 0 Å². The molecule has 2 heterocycles. The highest BCUT2D eigenvalue weighted by molar-refractivity contribution is 6.30. The van der Waals surface area contributed by atoms with E-state index >= 15 is 0 Å². The van der Waals surface area contributed by atoms with E-state index in [0.717, 1.165) is 12.1 Å². The molecular formula is C15H15ClN2O2. The molecule has 0 radical (unpaired) electrons. The smallest absolute Gasteiger partial charge is 0.257 e. The van der Waals surface area contributed by atoms with Crippen LogP contribution in [0.3, 0.4) is 0 Å². The van der Waals surface area contributed by atoms with Crippen LogP contribution in [0, 0.1) is 0 Å². The zero-order valence-electron chi connectivity index (χ0n) is 10.9. The molecule has 1 aliphatic rings. The van der Waals surface area contributed by atoms with Crippen LogP contribution >= 0.6 is 11.6 Å². The number of rotatable bonds is 2. The lowest BCUT2D eigenvalue weighted by Crippen LogP contribution is -2.48. The Morgan fingerprint density at radius 1 is 1.40 bits per heavy atom. The number of furan rings is 1. The van der Waals surface area contributed by atoms with Crippen LogP contribution in [-0.2, 0) is 0 Å². The standard InChI is InChI=1S/C15H15ClN2O2/c16-13-3-1-2-11(8-13)14-9-18(6-5-17-14)15(19)12-4-7-20-10-12/h1-4,7-8,10,14,17H,5-6,9H2/t14-/m1/s1. The molecule has 4 nitrogen and oxygen atoms in total. The Balaban J connectivity index is 1.75. The molecular weight excluding hydrogens is 276 g/mol. The van der Waals surface area contributed by atoms with Crippen LogP contribution in [0.15, 0.2) is 47.3 Å². The number of halogens is 1. The normalized spacial score (nSPS) is 19.1. The maximum Gasteiger partial charge on any atom is 0.257 e. The van der Waals surface area contributed by atoms with Crippen molar-refractivity contribution in [3.8, 4) is 0 Å². The van der Waals surface area contributed by atoms with Gasteiger partial charge in [0.25, 0.3) is 5.91 Å². The molecule has 1 aliphatic heterocycles. The Morgan fingerprint density at radius 3 is 3.05 bits per heavy atom. The van der Waals surface area contributed by atoms with Crippen molar-refractivity contribution in [3.63, 3.8) is 0 Å². The highest BCUT2D eigenvalue weighted by Gasteiger charge is 2.25. The van der Waals surface area contributed by atoms with E-state index in [4.69, 9.17) is 16.0 Å². The number of hydrogen-bond donors (Lipinski definition) is 1. The minimum absolute atomic E-state index is 0.00674. The van der Waals surface area contributed by atoms with Crippen molar-refractivity contribution in [2.24, 2.45) is 0 Å². The van der Waals surface area contributed by atoms with E-state index in [2.05, 4.69) is 5.32 Å². The summed E-state index contributed by atoms with van der Waals surface area (Å²) in [6.07, 6.45) is 3.00. The van der Waals surface area contributed by atoms with Crippen LogP contribution < -0.4 is 5.32 Å². The van der Waals surface area contributed by atoms with Crippen LogP contribution in [0.5, 0.6) is 0 Å². The largest absolute Gasteiger partial charge is 0.472 e. The van der Waals surface area contributed by atoms with E-state index in [0.29, 0.717) is 23.7 Å². The highest BCUT2D eigenvalue weighted by atomic mass is 35.5. The van der Waals surface area contributed by atoms with Crippen LogP contribution in [0.25, 0.3) is 0 Å². The van der Waals surface area contributed by atoms with Crippen molar-refractivity contribution < 1.29 is 9.21 Å². The minimum Gasteiger partial charge on any atom is -0.472 e. The second kappa shape index (κ2) is 5.69. The molecule has 20 heavy (non-hydrogen) atoms. The molecule has 104 valence electrons. The summed E-state index contributed by atoms with van der Waals surface area (Å²) in [4.78, 5) is 14.2. The van der Waals surface area contributed by atoms with Crippen LogP contribution in [0.1, 0.15) is 22.0 Å². The van der Waals surface area contributed by atoms with E-state index in [1.807, 2.05) is 29.2 Å². The van der Waals surface area contributed by atoms with Crippen LogP contribution in [-0.4, -0.2) is 30.4 Å². The van der Waals surface area contributed by atoms with Gasteiger partial charge in [-0.3, -0.25) is 4.79 Å². The maximum absolute atomic E-state index is 12.3. The number of hydrogen-bond acceptors (Lipinski definition) is 3. The molecule has 0 unspecified atom stereocenters. The summed E-state index contributed by atoms with van der Waals surface area (Å²) in [5, 5.41) is 4.13. The quantitative estimate of drug-likeness (QED) is 0.925. The predicted molar refractivity (Wildman–Crippen MR) is 76.8 cm³/mol. The first-order valence-electron chi connectivity index (χ1n) is 6.54. The van der Waals surface area contributed by atoms with Gasteiger partial charge in [0, 0.05) is 24.7 Å². The van der Waals surface area contributed by atoms with E-state index in [1.165, 1.54) is 12.5 Å². The van der Waals surface area contributed by atoms with E-state index in [1.54, 1.807) is 6.07 Å². The topological polar surface area (TPSA) is 45.5 Å². The molecule has 3 rings (SSSR count). The molecule has 1 aromatic carbocycles. The zero-order valence-corrected chi connectivity index (χ0v) is 11.6. The van der Waals surface area contributed by atoms with Gasteiger partial charge in [0.1, 0.15) is 6.26 Å². The van der Waals surface area contributed by atoms with E-state index in [-0.39, 0.29) is 11.9 Å². The monoisotopic (exact) mass is 290 g/mol. The molecule has 1 amide bonds. The summed E-state index contributed by atoms with van der Waals surface area (Å²) in [5.41, 5.74) is 1.69. The molecule has 0 aliphatic carbocycles. The molecule has 0 spiro atoms. The summed E-state index contributed by atoms with van der Waals surface area (Å²) >= 11 is 6.02. The first-order chi connectivity index (χ1) is 9.74. The Hall–Kier alpha value is -1.78.